The van der Waals surface area contributed by atoms with Crippen molar-refractivity contribution in [2.45, 2.75) is 19.6 Å². The second-order valence-electron chi connectivity index (χ2n) is 10.4. The summed E-state index contributed by atoms with van der Waals surface area (Å²) in [6.07, 6.45) is 8.52. The van der Waals surface area contributed by atoms with Crippen LogP contribution in [0.5, 0.6) is 5.75 Å². The molecule has 1 aromatic carbocycles. The molecule has 11 heteroatoms. The van der Waals surface area contributed by atoms with Crippen LogP contribution in [0.1, 0.15) is 13.3 Å². The molecule has 0 bridgehead atoms. The van der Waals surface area contributed by atoms with E-state index >= 15 is 0 Å². The maximum Gasteiger partial charge on any atom is 0.127 e. The Hall–Kier alpha value is -4.87. The quantitative estimate of drug-likeness (QED) is 0.161. The van der Waals surface area contributed by atoms with E-state index in [-0.39, 0.29) is 5.82 Å². The number of aromatic nitrogens is 6. The highest BCUT2D eigenvalue weighted by molar-refractivity contribution is 6.01. The molecule has 6 aromatic rings. The molecule has 4 N–H and O–H groups in total. The minimum atomic E-state index is -0.658. The summed E-state index contributed by atoms with van der Waals surface area (Å²) in [7, 11) is 3.92. The number of ether oxygens (including phenoxy) is 1. The van der Waals surface area contributed by atoms with E-state index in [1.807, 2.05) is 50.2 Å². The average molecular weight is 567 g/mol. The Morgan fingerprint density at radius 1 is 0.952 bits per heavy atom. The average Bonchev–Trinajstić information content (AvgIpc) is 3.60. The molecule has 1 atom stereocenters. The third-order valence-electron chi connectivity index (χ3n) is 6.99. The Balaban J connectivity index is 1.36. The van der Waals surface area contributed by atoms with Gasteiger partial charge in [-0.2, -0.15) is 5.10 Å². The van der Waals surface area contributed by atoms with Crippen molar-refractivity contribution in [3.05, 3.63) is 73.2 Å². The lowest BCUT2D eigenvalue weighted by atomic mass is 10.0. The summed E-state index contributed by atoms with van der Waals surface area (Å²) in [5.74, 6) is 0.0901. The molecule has 5 aromatic heterocycles. The molecule has 0 aliphatic rings. The number of hydrogen-bond acceptors (Lipinski definition) is 8. The van der Waals surface area contributed by atoms with E-state index < -0.39 is 6.23 Å². The fraction of sp³-hybridized carbons (Fsp3) is 0.226. The van der Waals surface area contributed by atoms with Crippen LogP contribution < -0.4 is 10.1 Å². The third kappa shape index (κ3) is 5.65. The van der Waals surface area contributed by atoms with E-state index in [0.29, 0.717) is 41.4 Å². The Kier molecular flexibility index (Phi) is 7.51. The molecule has 0 saturated carbocycles. The third-order valence-corrected chi connectivity index (χ3v) is 6.99. The zero-order valence-electron chi connectivity index (χ0n) is 23.5. The minimum Gasteiger partial charge on any atom is -0.492 e. The number of rotatable bonds is 10. The smallest absolute Gasteiger partial charge is 0.127 e. The molecule has 10 nitrogen and oxygen atoms in total. The van der Waals surface area contributed by atoms with E-state index in [4.69, 9.17) is 4.74 Å². The second-order valence-corrected chi connectivity index (χ2v) is 10.4. The van der Waals surface area contributed by atoms with Crippen LogP contribution in [0.3, 0.4) is 0 Å². The Labute approximate surface area is 241 Å². The summed E-state index contributed by atoms with van der Waals surface area (Å²) < 4.78 is 20.4. The highest BCUT2D eigenvalue weighted by atomic mass is 19.1. The lowest BCUT2D eigenvalue weighted by Crippen LogP contribution is -2.19. The largest absolute Gasteiger partial charge is 0.492 e. The van der Waals surface area contributed by atoms with Crippen LogP contribution in [0.2, 0.25) is 0 Å². The topological polar surface area (TPSA) is 128 Å². The van der Waals surface area contributed by atoms with E-state index in [9.17, 15) is 9.50 Å². The van der Waals surface area contributed by atoms with E-state index in [1.165, 1.54) is 12.1 Å². The summed E-state index contributed by atoms with van der Waals surface area (Å²) in [5.41, 5.74) is 6.74. The van der Waals surface area contributed by atoms with Crippen molar-refractivity contribution in [2.75, 3.05) is 32.6 Å². The first-order chi connectivity index (χ1) is 20.4. The molecule has 214 valence electrons. The number of nitrogens with zero attached hydrogens (tertiary/aromatic N) is 5. The molecule has 0 aliphatic heterocycles. The number of anilines is 1. The molecule has 6 rings (SSSR count). The van der Waals surface area contributed by atoms with Gasteiger partial charge in [-0.15, -0.1) is 0 Å². The molecule has 0 spiro atoms. The van der Waals surface area contributed by atoms with Crippen molar-refractivity contribution in [2.24, 2.45) is 0 Å². The van der Waals surface area contributed by atoms with Gasteiger partial charge in [0.05, 0.1) is 46.7 Å². The maximum absolute atomic E-state index is 14.6. The number of aromatic amines is 2. The van der Waals surface area contributed by atoms with E-state index in [0.717, 1.165) is 45.2 Å². The number of likely N-dealkylation sites (N-methyl/N-ethyl adjacent to an activating group) is 1. The van der Waals surface area contributed by atoms with Crippen LogP contribution >= 0.6 is 0 Å². The van der Waals surface area contributed by atoms with E-state index in [1.54, 1.807) is 31.0 Å². The fourth-order valence-corrected chi connectivity index (χ4v) is 4.79. The number of nitrogens with one attached hydrogen (secondary N) is 3. The molecule has 0 aliphatic carbocycles. The van der Waals surface area contributed by atoms with Crippen molar-refractivity contribution >= 4 is 27.5 Å². The summed E-state index contributed by atoms with van der Waals surface area (Å²) in [6, 6.07) is 10.6. The number of fused-ring (bicyclic) bond motifs is 2. The first-order valence-corrected chi connectivity index (χ1v) is 13.7. The van der Waals surface area contributed by atoms with Crippen molar-refractivity contribution < 1.29 is 14.2 Å². The predicted molar refractivity (Wildman–Crippen MR) is 162 cm³/mol. The minimum absolute atomic E-state index is 0.378. The van der Waals surface area contributed by atoms with Gasteiger partial charge in [-0.1, -0.05) is 6.92 Å². The van der Waals surface area contributed by atoms with Gasteiger partial charge in [0.1, 0.15) is 30.1 Å². The Bertz CT molecular complexity index is 1870. The molecular weight excluding hydrogens is 535 g/mol. The van der Waals surface area contributed by atoms with Crippen LogP contribution in [0.25, 0.3) is 55.6 Å². The summed E-state index contributed by atoms with van der Waals surface area (Å²) in [4.78, 5) is 18.8. The molecule has 0 radical (unpaired) electrons. The zero-order valence-corrected chi connectivity index (χ0v) is 23.5. The number of benzene rings is 1. The van der Waals surface area contributed by atoms with Crippen molar-refractivity contribution in [1.29, 1.82) is 0 Å². The maximum atomic E-state index is 14.6. The number of hydrogen-bond donors (Lipinski definition) is 4. The number of aliphatic hydroxyl groups is 1. The van der Waals surface area contributed by atoms with Gasteiger partial charge in [0.25, 0.3) is 0 Å². The fourth-order valence-electron chi connectivity index (χ4n) is 4.79. The van der Waals surface area contributed by atoms with E-state index in [2.05, 4.69) is 35.5 Å². The standard InChI is InChI=1S/C31H31FN8O2/c1-4-30(41)36-21-8-19(13-33-14-21)26-12-24-29(17-35-26)38-39-31(24)27-11-23-25(15-34-16-28(23)37-27)18-7-20(32)10-22(9-18)42-6-5-40(2)3/h7-17,30,36-37,41H,4-6H2,1-3H3,(H,38,39). The van der Waals surface area contributed by atoms with Gasteiger partial charge in [-0.25, -0.2) is 4.39 Å². The van der Waals surface area contributed by atoms with Crippen LogP contribution in [-0.4, -0.2) is 73.6 Å². The zero-order chi connectivity index (χ0) is 29.2. The van der Waals surface area contributed by atoms with Gasteiger partial charge >= 0.3 is 0 Å². The van der Waals surface area contributed by atoms with Crippen molar-refractivity contribution in [3.63, 3.8) is 0 Å². The normalized spacial score (nSPS) is 12.3. The first kappa shape index (κ1) is 27.3. The predicted octanol–water partition coefficient (Wildman–Crippen LogP) is 5.45. The van der Waals surface area contributed by atoms with Crippen LogP contribution in [0.15, 0.2) is 67.4 Å². The molecule has 0 amide bonds. The number of halogens is 1. The van der Waals surface area contributed by atoms with Gasteiger partial charge < -0.3 is 25.0 Å². The van der Waals surface area contributed by atoms with Gasteiger partial charge in [-0.05, 0) is 56.4 Å². The lowest BCUT2D eigenvalue weighted by Gasteiger charge is -2.12. The lowest BCUT2D eigenvalue weighted by molar-refractivity contribution is 0.199. The molecule has 0 fully saturated rings. The summed E-state index contributed by atoms with van der Waals surface area (Å²) in [5, 5.41) is 22.4. The first-order valence-electron chi connectivity index (χ1n) is 13.7. The Morgan fingerprint density at radius 2 is 1.81 bits per heavy atom. The molecule has 1 unspecified atom stereocenters. The van der Waals surface area contributed by atoms with Gasteiger partial charge in [0.15, 0.2) is 0 Å². The summed E-state index contributed by atoms with van der Waals surface area (Å²) in [6.45, 7) is 3.07. The van der Waals surface area contributed by atoms with Crippen molar-refractivity contribution in [1.82, 2.24) is 35.0 Å². The summed E-state index contributed by atoms with van der Waals surface area (Å²) >= 11 is 0. The second kappa shape index (κ2) is 11.6. The van der Waals surface area contributed by atoms with Crippen molar-refractivity contribution in [3.8, 4) is 39.5 Å². The SMILES string of the molecule is CCC(O)Nc1cncc(-c2cc3c(-c4cc5c(-c6cc(F)cc(OCCN(C)C)c6)cncc5[nH]4)n[nH]c3cn2)c1. The molecule has 0 saturated heterocycles. The number of pyridine rings is 3. The number of H-pyrrole nitrogens is 2. The molecule has 42 heavy (non-hydrogen) atoms. The highest BCUT2D eigenvalue weighted by Crippen LogP contribution is 2.35. The van der Waals surface area contributed by atoms with Crippen LogP contribution in [0, 0.1) is 5.82 Å². The molecular formula is C31H31FN8O2. The van der Waals surface area contributed by atoms with Gasteiger partial charge in [0, 0.05) is 46.9 Å². The van der Waals surface area contributed by atoms with Gasteiger partial charge in [-0.3, -0.25) is 20.1 Å². The Morgan fingerprint density at radius 3 is 2.64 bits per heavy atom. The molecule has 5 heterocycles. The monoisotopic (exact) mass is 566 g/mol. The van der Waals surface area contributed by atoms with Crippen LogP contribution in [0.4, 0.5) is 10.1 Å². The van der Waals surface area contributed by atoms with Gasteiger partial charge in [0.2, 0.25) is 0 Å². The van der Waals surface area contributed by atoms with Crippen LogP contribution in [-0.2, 0) is 0 Å². The number of aliphatic hydroxyl groups excluding tert-OH is 1. The highest BCUT2D eigenvalue weighted by Gasteiger charge is 2.16.